The van der Waals surface area contributed by atoms with Gasteiger partial charge in [0.25, 0.3) is 0 Å². The SMILES string of the molecule is CC(=O)/C=C(/C)O.Fc1c(F)c(F)c2[n-]c(-c3ccccn3)nc2c1F.[Ir]. The van der Waals surface area contributed by atoms with Gasteiger partial charge in [-0.25, -0.2) is 17.6 Å². The van der Waals surface area contributed by atoms with Gasteiger partial charge in [0.15, 0.2) is 29.1 Å². The predicted molar refractivity (Wildman–Crippen MR) is 85.2 cm³/mol. The van der Waals surface area contributed by atoms with E-state index in [2.05, 4.69) is 15.0 Å². The van der Waals surface area contributed by atoms with Crippen LogP contribution in [0, 0.1) is 23.3 Å². The quantitative estimate of drug-likeness (QED) is 0.170. The third-order valence-electron chi connectivity index (χ3n) is 2.96. The van der Waals surface area contributed by atoms with Gasteiger partial charge in [0.05, 0.1) is 11.5 Å². The molecule has 0 amide bonds. The van der Waals surface area contributed by atoms with Crippen molar-refractivity contribution < 1.29 is 47.6 Å². The third-order valence-corrected chi connectivity index (χ3v) is 2.96. The minimum atomic E-state index is -1.91. The molecule has 2 heterocycles. The van der Waals surface area contributed by atoms with Crippen LogP contribution in [0.1, 0.15) is 13.8 Å². The van der Waals surface area contributed by atoms with E-state index in [1.165, 1.54) is 32.2 Å². The Kier molecular flexibility index (Phi) is 7.81. The van der Waals surface area contributed by atoms with E-state index in [1.807, 2.05) is 0 Å². The fraction of sp³-hybridized carbons (Fsp3) is 0.118. The molecule has 0 aliphatic rings. The van der Waals surface area contributed by atoms with E-state index in [4.69, 9.17) is 5.11 Å². The first-order valence-electron chi connectivity index (χ1n) is 7.18. The maximum atomic E-state index is 13.5. The Morgan fingerprint density at radius 1 is 1.07 bits per heavy atom. The van der Waals surface area contributed by atoms with Crippen molar-refractivity contribution in [2.75, 3.05) is 0 Å². The number of benzene rings is 1. The zero-order valence-electron chi connectivity index (χ0n) is 13.9. The van der Waals surface area contributed by atoms with Gasteiger partial charge in [-0.3, -0.25) is 9.78 Å². The number of aliphatic hydroxyl groups excluding tert-OH is 1. The number of pyridine rings is 1. The van der Waals surface area contributed by atoms with Crippen molar-refractivity contribution in [1.82, 2.24) is 15.0 Å². The fourth-order valence-electron chi connectivity index (χ4n) is 1.95. The topological polar surface area (TPSA) is 77.2 Å². The number of carbonyl (C=O) groups excluding carboxylic acids is 1. The first-order valence-corrected chi connectivity index (χ1v) is 7.18. The molecule has 3 aromatic rings. The molecule has 0 fully saturated rings. The minimum absolute atomic E-state index is 0. The van der Waals surface area contributed by atoms with Crippen molar-refractivity contribution in [3.05, 3.63) is 59.5 Å². The Hall–Kier alpha value is -2.58. The number of allylic oxidation sites excluding steroid dienone is 2. The molecule has 0 saturated heterocycles. The van der Waals surface area contributed by atoms with Crippen LogP contribution >= 0.6 is 0 Å². The summed E-state index contributed by atoms with van der Waals surface area (Å²) in [6.07, 6.45) is 2.60. The summed E-state index contributed by atoms with van der Waals surface area (Å²) in [4.78, 5) is 21.2. The summed E-state index contributed by atoms with van der Waals surface area (Å²) in [6, 6.07) is 4.76. The average Bonchev–Trinajstić information content (AvgIpc) is 3.04. The average molecular weight is 559 g/mol. The van der Waals surface area contributed by atoms with Gasteiger partial charge in [-0.15, -0.1) is 0 Å². The summed E-state index contributed by atoms with van der Waals surface area (Å²) in [7, 11) is 0. The number of carbonyl (C=O) groups is 1. The van der Waals surface area contributed by atoms with Crippen LogP contribution in [0.2, 0.25) is 0 Å². The van der Waals surface area contributed by atoms with Gasteiger partial charge < -0.3 is 15.1 Å². The minimum Gasteiger partial charge on any atom is -0.512 e. The molecule has 1 N–H and O–H groups in total. The van der Waals surface area contributed by atoms with Crippen LogP contribution < -0.4 is 4.98 Å². The van der Waals surface area contributed by atoms with E-state index in [9.17, 15) is 22.4 Å². The molecule has 27 heavy (non-hydrogen) atoms. The van der Waals surface area contributed by atoms with Crippen LogP contribution in [0.4, 0.5) is 17.6 Å². The van der Waals surface area contributed by atoms with Gasteiger partial charge in [-0.1, -0.05) is 6.07 Å². The Morgan fingerprint density at radius 2 is 1.70 bits per heavy atom. The molecule has 0 unspecified atom stereocenters. The van der Waals surface area contributed by atoms with Gasteiger partial charge in [0.1, 0.15) is 0 Å². The second kappa shape index (κ2) is 9.38. The summed E-state index contributed by atoms with van der Waals surface area (Å²) in [6.45, 7) is 2.85. The van der Waals surface area contributed by atoms with E-state index in [0.29, 0.717) is 0 Å². The number of aliphatic hydroxyl groups is 1. The third kappa shape index (κ3) is 5.21. The number of hydrogen-bond donors (Lipinski definition) is 1. The van der Waals surface area contributed by atoms with Gasteiger partial charge in [-0.2, -0.15) is 0 Å². The number of hydrogen-bond acceptors (Lipinski definition) is 4. The normalized spacial score (nSPS) is 10.8. The molecule has 0 aliphatic carbocycles. The van der Waals surface area contributed by atoms with Crippen LogP contribution in [0.15, 0.2) is 36.2 Å². The van der Waals surface area contributed by atoms with E-state index < -0.39 is 34.3 Å². The molecule has 0 saturated carbocycles. The second-order valence-corrected chi connectivity index (χ2v) is 5.11. The molecule has 3 rings (SSSR count). The van der Waals surface area contributed by atoms with Crippen molar-refractivity contribution in [1.29, 1.82) is 0 Å². The second-order valence-electron chi connectivity index (χ2n) is 5.11. The van der Waals surface area contributed by atoms with Gasteiger partial charge >= 0.3 is 0 Å². The number of rotatable bonds is 2. The molecule has 2 aromatic heterocycles. The van der Waals surface area contributed by atoms with Crippen molar-refractivity contribution >= 4 is 16.8 Å². The number of aromatic nitrogens is 3. The van der Waals surface area contributed by atoms with Crippen LogP contribution in [0.3, 0.4) is 0 Å². The summed E-state index contributed by atoms with van der Waals surface area (Å²) in [5.41, 5.74) is -1.06. The largest absolute Gasteiger partial charge is 0.512 e. The number of ketones is 1. The standard InChI is InChI=1S/C12H4F4N3.C5H8O2.Ir/c13-6-7(14)9(16)11-10(8(6)15)18-12(19-11)5-3-1-2-4-17-5;1-4(6)3-5(2)7;/h1-4H;3,6H,1-2H3;/q-1;;/b;4-3-;. The van der Waals surface area contributed by atoms with Crippen LogP contribution in [-0.2, 0) is 24.9 Å². The van der Waals surface area contributed by atoms with Crippen LogP contribution in [-0.4, -0.2) is 20.9 Å². The van der Waals surface area contributed by atoms with Crippen molar-refractivity contribution in [3.63, 3.8) is 0 Å². The molecular weight excluding hydrogens is 546 g/mol. The summed E-state index contributed by atoms with van der Waals surface area (Å²) < 4.78 is 53.0. The zero-order valence-corrected chi connectivity index (χ0v) is 16.3. The first-order chi connectivity index (χ1) is 12.2. The van der Waals surface area contributed by atoms with Crippen LogP contribution in [0.5, 0.6) is 0 Å². The van der Waals surface area contributed by atoms with E-state index in [1.54, 1.807) is 12.1 Å². The molecule has 0 atom stereocenters. The molecular formula is C17H12F4IrN3O2-. The molecule has 0 bridgehead atoms. The van der Waals surface area contributed by atoms with E-state index in [-0.39, 0.29) is 43.2 Å². The fourth-order valence-corrected chi connectivity index (χ4v) is 1.95. The number of nitrogens with zero attached hydrogens (tertiary/aromatic N) is 3. The molecule has 10 heteroatoms. The molecule has 0 aliphatic heterocycles. The first kappa shape index (κ1) is 22.5. The smallest absolute Gasteiger partial charge is 0.197 e. The molecule has 5 nitrogen and oxygen atoms in total. The summed E-state index contributed by atoms with van der Waals surface area (Å²) in [5.74, 6) is -7.10. The maximum absolute atomic E-state index is 13.5. The van der Waals surface area contributed by atoms with Gasteiger partial charge in [0.2, 0.25) is 0 Å². The van der Waals surface area contributed by atoms with Crippen molar-refractivity contribution in [3.8, 4) is 11.5 Å². The molecule has 1 radical (unpaired) electrons. The Labute approximate surface area is 164 Å². The Bertz CT molecular complexity index is 942. The zero-order chi connectivity index (χ0) is 19.4. The van der Waals surface area contributed by atoms with Crippen molar-refractivity contribution in [2.45, 2.75) is 13.8 Å². The van der Waals surface area contributed by atoms with E-state index >= 15 is 0 Å². The molecule has 145 valence electrons. The summed E-state index contributed by atoms with van der Waals surface area (Å²) in [5, 5.41) is 8.36. The van der Waals surface area contributed by atoms with Crippen LogP contribution in [0.25, 0.3) is 22.6 Å². The number of fused-ring (bicyclic) bond motifs is 1. The van der Waals surface area contributed by atoms with Gasteiger partial charge in [0, 0.05) is 43.4 Å². The van der Waals surface area contributed by atoms with Crippen molar-refractivity contribution in [2.24, 2.45) is 0 Å². The Morgan fingerprint density at radius 3 is 2.19 bits per heavy atom. The molecule has 0 spiro atoms. The van der Waals surface area contributed by atoms with Gasteiger partial charge in [-0.05, 0) is 31.8 Å². The number of halogens is 4. The maximum Gasteiger partial charge on any atom is 0.197 e. The molecule has 1 aromatic carbocycles. The number of imidazole rings is 1. The Balaban J connectivity index is 0.000000395. The predicted octanol–water partition coefficient (Wildman–Crippen LogP) is 3.85. The summed E-state index contributed by atoms with van der Waals surface area (Å²) >= 11 is 0. The monoisotopic (exact) mass is 559 g/mol. The van der Waals surface area contributed by atoms with E-state index in [0.717, 1.165) is 0 Å².